The molecule has 3 heteroatoms. The lowest BCUT2D eigenvalue weighted by Gasteiger charge is -2.06. The number of rotatable bonds is 5. The standard InChI is InChI=1S/C10H14O3/c1-8(12-2)5-6-9(11)10-4-3-7-13-10/h3-4,7-8H,5-6H2,1-2H3. The van der Waals surface area contributed by atoms with Crippen LogP contribution in [0.5, 0.6) is 0 Å². The predicted molar refractivity (Wildman–Crippen MR) is 48.7 cm³/mol. The summed E-state index contributed by atoms with van der Waals surface area (Å²) in [5.74, 6) is 0.470. The minimum absolute atomic E-state index is 0.0360. The van der Waals surface area contributed by atoms with Crippen LogP contribution in [-0.2, 0) is 4.74 Å². The van der Waals surface area contributed by atoms with Gasteiger partial charge in [0.2, 0.25) is 0 Å². The Morgan fingerprint density at radius 2 is 2.46 bits per heavy atom. The van der Waals surface area contributed by atoms with Crippen LogP contribution in [0.4, 0.5) is 0 Å². The van der Waals surface area contributed by atoms with E-state index >= 15 is 0 Å². The molecule has 0 aliphatic rings. The van der Waals surface area contributed by atoms with Crippen LogP contribution in [-0.4, -0.2) is 19.0 Å². The molecular weight excluding hydrogens is 168 g/mol. The maximum Gasteiger partial charge on any atom is 0.198 e. The molecule has 1 rings (SSSR count). The molecule has 0 bridgehead atoms. The van der Waals surface area contributed by atoms with E-state index in [9.17, 15) is 4.79 Å². The summed E-state index contributed by atoms with van der Waals surface area (Å²) in [6.07, 6.45) is 2.84. The van der Waals surface area contributed by atoms with E-state index in [0.29, 0.717) is 12.2 Å². The lowest BCUT2D eigenvalue weighted by molar-refractivity contribution is 0.0856. The Morgan fingerprint density at radius 3 is 3.00 bits per heavy atom. The first kappa shape index (κ1) is 9.99. The van der Waals surface area contributed by atoms with Gasteiger partial charge in [0.15, 0.2) is 11.5 Å². The quantitative estimate of drug-likeness (QED) is 0.656. The van der Waals surface area contributed by atoms with Crippen molar-refractivity contribution in [2.45, 2.75) is 25.9 Å². The highest BCUT2D eigenvalue weighted by molar-refractivity contribution is 5.93. The zero-order valence-corrected chi connectivity index (χ0v) is 7.95. The van der Waals surface area contributed by atoms with Crippen LogP contribution in [0, 0.1) is 0 Å². The first-order valence-electron chi connectivity index (χ1n) is 4.33. The van der Waals surface area contributed by atoms with Gasteiger partial charge in [0.25, 0.3) is 0 Å². The summed E-state index contributed by atoms with van der Waals surface area (Å²) in [5, 5.41) is 0. The molecular formula is C10H14O3. The molecule has 0 saturated carbocycles. The van der Waals surface area contributed by atoms with Crippen molar-refractivity contribution in [3.05, 3.63) is 24.2 Å². The van der Waals surface area contributed by atoms with Gasteiger partial charge in [-0.25, -0.2) is 0 Å². The molecule has 1 aromatic heterocycles. The first-order chi connectivity index (χ1) is 6.24. The highest BCUT2D eigenvalue weighted by Crippen LogP contribution is 2.08. The fraction of sp³-hybridized carbons (Fsp3) is 0.500. The summed E-state index contributed by atoms with van der Waals surface area (Å²) in [6.45, 7) is 1.94. The molecule has 1 atom stereocenters. The molecule has 1 aromatic rings. The smallest absolute Gasteiger partial charge is 0.198 e. The van der Waals surface area contributed by atoms with Crippen LogP contribution < -0.4 is 0 Å². The van der Waals surface area contributed by atoms with Crippen molar-refractivity contribution in [3.63, 3.8) is 0 Å². The lowest BCUT2D eigenvalue weighted by atomic mass is 10.1. The van der Waals surface area contributed by atoms with E-state index in [1.807, 2.05) is 6.92 Å². The molecule has 0 spiro atoms. The molecule has 0 aliphatic heterocycles. The molecule has 3 nitrogen and oxygen atoms in total. The van der Waals surface area contributed by atoms with Gasteiger partial charge in [-0.3, -0.25) is 4.79 Å². The summed E-state index contributed by atoms with van der Waals surface area (Å²) in [7, 11) is 1.64. The van der Waals surface area contributed by atoms with Crippen LogP contribution >= 0.6 is 0 Å². The lowest BCUT2D eigenvalue weighted by Crippen LogP contribution is -2.08. The number of carbonyl (C=O) groups is 1. The van der Waals surface area contributed by atoms with E-state index in [4.69, 9.17) is 9.15 Å². The molecule has 0 aliphatic carbocycles. The van der Waals surface area contributed by atoms with Crippen LogP contribution in [0.15, 0.2) is 22.8 Å². The van der Waals surface area contributed by atoms with Gasteiger partial charge in [0, 0.05) is 13.5 Å². The van der Waals surface area contributed by atoms with E-state index in [1.165, 1.54) is 6.26 Å². The minimum Gasteiger partial charge on any atom is -0.461 e. The van der Waals surface area contributed by atoms with Gasteiger partial charge in [-0.2, -0.15) is 0 Å². The van der Waals surface area contributed by atoms with Crippen molar-refractivity contribution in [3.8, 4) is 0 Å². The van der Waals surface area contributed by atoms with E-state index in [0.717, 1.165) is 6.42 Å². The minimum atomic E-state index is 0.0360. The number of methoxy groups -OCH3 is 1. The summed E-state index contributed by atoms with van der Waals surface area (Å²) in [5.41, 5.74) is 0. The number of carbonyl (C=O) groups excluding carboxylic acids is 1. The molecule has 13 heavy (non-hydrogen) atoms. The van der Waals surface area contributed by atoms with E-state index in [2.05, 4.69) is 0 Å². The third kappa shape index (κ3) is 3.03. The zero-order chi connectivity index (χ0) is 9.68. The molecule has 1 heterocycles. The summed E-state index contributed by atoms with van der Waals surface area (Å²) in [4.78, 5) is 11.4. The molecule has 0 amide bonds. The van der Waals surface area contributed by atoms with Gasteiger partial charge < -0.3 is 9.15 Å². The Morgan fingerprint density at radius 1 is 1.69 bits per heavy atom. The van der Waals surface area contributed by atoms with Gasteiger partial charge in [-0.15, -0.1) is 0 Å². The second kappa shape index (κ2) is 4.82. The fourth-order valence-electron chi connectivity index (χ4n) is 1.01. The highest BCUT2D eigenvalue weighted by atomic mass is 16.5. The second-order valence-corrected chi connectivity index (χ2v) is 2.99. The summed E-state index contributed by atoms with van der Waals surface area (Å²) < 4.78 is 10.0. The molecule has 1 unspecified atom stereocenters. The fourth-order valence-corrected chi connectivity index (χ4v) is 1.01. The summed E-state index contributed by atoms with van der Waals surface area (Å²) in [6, 6.07) is 3.40. The highest BCUT2D eigenvalue weighted by Gasteiger charge is 2.10. The van der Waals surface area contributed by atoms with Crippen molar-refractivity contribution in [1.82, 2.24) is 0 Å². The number of hydrogen-bond acceptors (Lipinski definition) is 3. The van der Waals surface area contributed by atoms with E-state index in [-0.39, 0.29) is 11.9 Å². The second-order valence-electron chi connectivity index (χ2n) is 2.99. The molecule has 0 radical (unpaired) electrons. The van der Waals surface area contributed by atoms with Gasteiger partial charge in [-0.05, 0) is 25.5 Å². The maximum absolute atomic E-state index is 11.4. The van der Waals surface area contributed by atoms with Crippen LogP contribution in [0.25, 0.3) is 0 Å². The third-order valence-electron chi connectivity index (χ3n) is 1.98. The monoisotopic (exact) mass is 182 g/mol. The van der Waals surface area contributed by atoms with Gasteiger partial charge in [0.05, 0.1) is 12.4 Å². The van der Waals surface area contributed by atoms with Crippen molar-refractivity contribution in [2.24, 2.45) is 0 Å². The average molecular weight is 182 g/mol. The molecule has 0 aromatic carbocycles. The SMILES string of the molecule is COC(C)CCC(=O)c1ccco1. The Bertz CT molecular complexity index is 251. The number of ether oxygens (including phenoxy) is 1. The Hall–Kier alpha value is -1.09. The number of hydrogen-bond donors (Lipinski definition) is 0. The molecule has 0 N–H and O–H groups in total. The van der Waals surface area contributed by atoms with E-state index < -0.39 is 0 Å². The molecule has 0 fully saturated rings. The Labute approximate surface area is 77.7 Å². The first-order valence-corrected chi connectivity index (χ1v) is 4.33. The van der Waals surface area contributed by atoms with Crippen LogP contribution in [0.1, 0.15) is 30.3 Å². The van der Waals surface area contributed by atoms with Crippen molar-refractivity contribution in [2.75, 3.05) is 7.11 Å². The van der Waals surface area contributed by atoms with Crippen LogP contribution in [0.3, 0.4) is 0 Å². The number of furan rings is 1. The van der Waals surface area contributed by atoms with E-state index in [1.54, 1.807) is 19.2 Å². The van der Waals surface area contributed by atoms with Gasteiger partial charge in [-0.1, -0.05) is 0 Å². The normalized spacial score (nSPS) is 12.8. The third-order valence-corrected chi connectivity index (χ3v) is 1.98. The number of Topliss-reactive ketones (excluding diaryl/α,β-unsaturated/α-hetero) is 1. The van der Waals surface area contributed by atoms with Crippen molar-refractivity contribution < 1.29 is 13.9 Å². The molecule has 72 valence electrons. The van der Waals surface area contributed by atoms with Gasteiger partial charge >= 0.3 is 0 Å². The molecule has 0 saturated heterocycles. The van der Waals surface area contributed by atoms with Crippen molar-refractivity contribution >= 4 is 5.78 Å². The number of ketones is 1. The Balaban J connectivity index is 2.35. The maximum atomic E-state index is 11.4. The van der Waals surface area contributed by atoms with Crippen LogP contribution in [0.2, 0.25) is 0 Å². The van der Waals surface area contributed by atoms with Crippen molar-refractivity contribution in [1.29, 1.82) is 0 Å². The summed E-state index contributed by atoms with van der Waals surface area (Å²) >= 11 is 0. The average Bonchev–Trinajstić information content (AvgIpc) is 2.66. The predicted octanol–water partition coefficient (Wildman–Crippen LogP) is 2.28. The van der Waals surface area contributed by atoms with Gasteiger partial charge in [0.1, 0.15) is 0 Å². The zero-order valence-electron chi connectivity index (χ0n) is 7.95. The Kier molecular flexibility index (Phi) is 3.71. The topological polar surface area (TPSA) is 39.4 Å². The largest absolute Gasteiger partial charge is 0.461 e.